The number of hydrogen-bond acceptors (Lipinski definition) is 3. The second-order valence-corrected chi connectivity index (χ2v) is 6.99. The van der Waals surface area contributed by atoms with E-state index in [1.807, 2.05) is 30.3 Å². The number of aryl methyl sites for hydroxylation is 1. The summed E-state index contributed by atoms with van der Waals surface area (Å²) < 4.78 is 11.9. The minimum Gasteiger partial charge on any atom is -0.449 e. The van der Waals surface area contributed by atoms with Crippen molar-refractivity contribution in [1.82, 2.24) is 0 Å². The zero-order chi connectivity index (χ0) is 18.1. The van der Waals surface area contributed by atoms with Gasteiger partial charge >= 0.3 is 5.97 Å². The van der Waals surface area contributed by atoms with Crippen molar-refractivity contribution in [3.05, 3.63) is 88.6 Å². The van der Waals surface area contributed by atoms with Crippen LogP contribution in [0.15, 0.2) is 81.7 Å². The summed E-state index contributed by atoms with van der Waals surface area (Å²) in [4.78, 5) is 12.3. The number of hydrogen-bond donors (Lipinski definition) is 0. The number of carbonyl (C=O) groups excluding carboxylic acids is 1. The Morgan fingerprint density at radius 1 is 0.885 bits per heavy atom. The minimum atomic E-state index is -0.514. The highest BCUT2D eigenvalue weighted by Gasteiger charge is 2.15. The van der Waals surface area contributed by atoms with Crippen LogP contribution in [0.1, 0.15) is 16.1 Å². The van der Waals surface area contributed by atoms with E-state index in [4.69, 9.17) is 9.15 Å². The van der Waals surface area contributed by atoms with Crippen LogP contribution in [0.2, 0.25) is 0 Å². The van der Waals surface area contributed by atoms with Crippen molar-refractivity contribution in [2.75, 3.05) is 0 Å². The lowest BCUT2D eigenvalue weighted by Crippen LogP contribution is -2.06. The molecule has 4 heteroatoms. The van der Waals surface area contributed by atoms with Crippen molar-refractivity contribution in [2.24, 2.45) is 0 Å². The smallest absolute Gasteiger partial charge is 0.379 e. The summed E-state index contributed by atoms with van der Waals surface area (Å²) in [5.41, 5.74) is 4.06. The minimum absolute atomic E-state index is 0.181. The molecular formula is C22H15BrO3. The monoisotopic (exact) mass is 406 g/mol. The Labute approximate surface area is 159 Å². The second-order valence-electron chi connectivity index (χ2n) is 6.07. The Morgan fingerprint density at radius 3 is 2.23 bits per heavy atom. The molecule has 4 aromatic rings. The van der Waals surface area contributed by atoms with Gasteiger partial charge in [0, 0.05) is 9.86 Å². The van der Waals surface area contributed by atoms with Crippen LogP contribution >= 0.6 is 15.9 Å². The number of carbonyl (C=O) groups is 1. The molecule has 4 rings (SSSR count). The van der Waals surface area contributed by atoms with Gasteiger partial charge in [-0.25, -0.2) is 4.79 Å². The van der Waals surface area contributed by atoms with Crippen LogP contribution in [0.25, 0.3) is 22.1 Å². The maximum atomic E-state index is 12.3. The summed E-state index contributed by atoms with van der Waals surface area (Å²) >= 11 is 3.40. The molecule has 0 radical (unpaired) electrons. The maximum absolute atomic E-state index is 12.3. The standard InChI is InChI=1S/C22H15BrO3/c1-14-2-4-15(5-3-14)16-6-9-19(10-7-16)25-22(24)21-13-17-12-18(23)8-11-20(17)26-21/h2-13H,1H3. The Kier molecular flexibility index (Phi) is 4.35. The molecule has 3 aromatic carbocycles. The maximum Gasteiger partial charge on any atom is 0.379 e. The van der Waals surface area contributed by atoms with Crippen LogP contribution < -0.4 is 4.74 Å². The molecular weight excluding hydrogens is 392 g/mol. The Balaban J connectivity index is 1.52. The van der Waals surface area contributed by atoms with E-state index in [2.05, 4.69) is 47.1 Å². The highest BCUT2D eigenvalue weighted by molar-refractivity contribution is 9.10. The summed E-state index contributed by atoms with van der Waals surface area (Å²) in [6.07, 6.45) is 0. The van der Waals surface area contributed by atoms with Gasteiger partial charge in [0.25, 0.3) is 0 Å². The lowest BCUT2D eigenvalue weighted by Gasteiger charge is -2.05. The fraction of sp³-hybridized carbons (Fsp3) is 0.0455. The first-order valence-corrected chi connectivity index (χ1v) is 8.96. The molecule has 1 heterocycles. The fourth-order valence-electron chi connectivity index (χ4n) is 2.73. The highest BCUT2D eigenvalue weighted by atomic mass is 79.9. The molecule has 0 atom stereocenters. The zero-order valence-electron chi connectivity index (χ0n) is 14.0. The first kappa shape index (κ1) is 16.6. The van der Waals surface area contributed by atoms with Crippen LogP contribution in [-0.4, -0.2) is 5.97 Å². The largest absolute Gasteiger partial charge is 0.449 e. The van der Waals surface area contributed by atoms with Gasteiger partial charge < -0.3 is 9.15 Å². The van der Waals surface area contributed by atoms with E-state index >= 15 is 0 Å². The lowest BCUT2D eigenvalue weighted by atomic mass is 10.0. The van der Waals surface area contributed by atoms with Crippen LogP contribution in [-0.2, 0) is 0 Å². The van der Waals surface area contributed by atoms with Gasteiger partial charge in [0.1, 0.15) is 11.3 Å². The average molecular weight is 407 g/mol. The molecule has 0 N–H and O–H groups in total. The van der Waals surface area contributed by atoms with E-state index < -0.39 is 5.97 Å². The molecule has 0 saturated heterocycles. The summed E-state index contributed by atoms with van der Waals surface area (Å²) in [5, 5.41) is 0.848. The molecule has 0 amide bonds. The molecule has 0 aliphatic rings. The topological polar surface area (TPSA) is 39.4 Å². The van der Waals surface area contributed by atoms with Crippen LogP contribution in [0.5, 0.6) is 5.75 Å². The molecule has 128 valence electrons. The van der Waals surface area contributed by atoms with Crippen molar-refractivity contribution in [3.63, 3.8) is 0 Å². The summed E-state index contributed by atoms with van der Waals surface area (Å²) in [5.74, 6) is 0.147. The molecule has 0 saturated carbocycles. The lowest BCUT2D eigenvalue weighted by molar-refractivity contribution is 0.0704. The molecule has 0 fully saturated rings. The third-order valence-corrected chi connectivity index (χ3v) is 4.62. The predicted molar refractivity (Wildman–Crippen MR) is 105 cm³/mol. The average Bonchev–Trinajstić information content (AvgIpc) is 3.06. The van der Waals surface area contributed by atoms with Crippen molar-refractivity contribution in [3.8, 4) is 16.9 Å². The number of benzene rings is 3. The molecule has 0 bridgehead atoms. The van der Waals surface area contributed by atoms with Gasteiger partial charge in [0.2, 0.25) is 5.76 Å². The third kappa shape index (κ3) is 3.41. The van der Waals surface area contributed by atoms with Crippen LogP contribution in [0.4, 0.5) is 0 Å². The van der Waals surface area contributed by atoms with Gasteiger partial charge in [-0.15, -0.1) is 0 Å². The molecule has 26 heavy (non-hydrogen) atoms. The molecule has 0 aliphatic heterocycles. The van der Waals surface area contributed by atoms with Gasteiger partial charge in [-0.2, -0.15) is 0 Å². The molecule has 0 spiro atoms. The summed E-state index contributed by atoms with van der Waals surface area (Å²) in [6, 6.07) is 23.0. The van der Waals surface area contributed by atoms with E-state index in [0.29, 0.717) is 11.3 Å². The van der Waals surface area contributed by atoms with E-state index in [1.54, 1.807) is 18.2 Å². The normalized spacial score (nSPS) is 10.8. The number of rotatable bonds is 3. The predicted octanol–water partition coefficient (Wildman–Crippen LogP) is 6.39. The molecule has 0 aliphatic carbocycles. The van der Waals surface area contributed by atoms with Gasteiger partial charge in [0.15, 0.2) is 0 Å². The Bertz CT molecular complexity index is 1080. The van der Waals surface area contributed by atoms with E-state index in [0.717, 1.165) is 21.0 Å². The number of fused-ring (bicyclic) bond motifs is 1. The van der Waals surface area contributed by atoms with Crippen molar-refractivity contribution in [2.45, 2.75) is 6.92 Å². The Morgan fingerprint density at radius 2 is 1.54 bits per heavy atom. The number of esters is 1. The second kappa shape index (κ2) is 6.81. The first-order valence-electron chi connectivity index (χ1n) is 8.17. The third-order valence-electron chi connectivity index (χ3n) is 4.13. The van der Waals surface area contributed by atoms with Crippen molar-refractivity contribution < 1.29 is 13.9 Å². The molecule has 1 aromatic heterocycles. The van der Waals surface area contributed by atoms with Gasteiger partial charge in [0.05, 0.1) is 0 Å². The quantitative estimate of drug-likeness (QED) is 0.292. The fourth-order valence-corrected chi connectivity index (χ4v) is 3.11. The van der Waals surface area contributed by atoms with Gasteiger partial charge in [-0.1, -0.05) is 57.9 Å². The summed E-state index contributed by atoms with van der Waals surface area (Å²) in [7, 11) is 0. The van der Waals surface area contributed by atoms with Crippen molar-refractivity contribution >= 4 is 32.9 Å². The van der Waals surface area contributed by atoms with Gasteiger partial charge in [-0.3, -0.25) is 0 Å². The zero-order valence-corrected chi connectivity index (χ0v) is 15.6. The number of furan rings is 1. The van der Waals surface area contributed by atoms with Crippen molar-refractivity contribution in [1.29, 1.82) is 0 Å². The molecule has 0 unspecified atom stereocenters. The first-order chi connectivity index (χ1) is 12.6. The highest BCUT2D eigenvalue weighted by Crippen LogP contribution is 2.26. The van der Waals surface area contributed by atoms with E-state index in [-0.39, 0.29) is 5.76 Å². The summed E-state index contributed by atoms with van der Waals surface area (Å²) in [6.45, 7) is 2.06. The SMILES string of the molecule is Cc1ccc(-c2ccc(OC(=O)c3cc4cc(Br)ccc4o3)cc2)cc1. The van der Waals surface area contributed by atoms with E-state index in [9.17, 15) is 4.79 Å². The molecule has 3 nitrogen and oxygen atoms in total. The van der Waals surface area contributed by atoms with E-state index in [1.165, 1.54) is 5.56 Å². The number of ether oxygens (including phenoxy) is 1. The van der Waals surface area contributed by atoms with Crippen LogP contribution in [0, 0.1) is 6.92 Å². The van der Waals surface area contributed by atoms with Gasteiger partial charge in [-0.05, 0) is 54.4 Å². The van der Waals surface area contributed by atoms with Crippen LogP contribution in [0.3, 0.4) is 0 Å². The number of halogens is 1. The Hall–Kier alpha value is -2.85.